The van der Waals surface area contributed by atoms with Crippen LogP contribution in [0.4, 0.5) is 0 Å². The number of nitrogens with one attached hydrogen (secondary N) is 1. The molecular weight excluding hydrogens is 250 g/mol. The Hall–Kier alpha value is -2.37. The summed E-state index contributed by atoms with van der Waals surface area (Å²) in [5.74, 6) is -3.52. The van der Waals surface area contributed by atoms with Gasteiger partial charge in [0.05, 0.1) is 0 Å². The Kier molecular flexibility index (Phi) is 8.44. The van der Waals surface area contributed by atoms with Crippen molar-refractivity contribution in [3.8, 4) is 0 Å². The second-order valence-corrected chi connectivity index (χ2v) is 3.62. The van der Waals surface area contributed by atoms with E-state index in [1.165, 1.54) is 0 Å². The number of hydrogen-bond acceptors (Lipinski definition) is 3. The lowest BCUT2D eigenvalue weighted by molar-refractivity contribution is -0.159. The average molecular weight is 267 g/mol. The van der Waals surface area contributed by atoms with Gasteiger partial charge in [-0.2, -0.15) is 0 Å². The summed E-state index contributed by atoms with van der Waals surface area (Å²) in [6, 6.07) is 9.93. The summed E-state index contributed by atoms with van der Waals surface area (Å²) in [4.78, 5) is 29.3. The maximum Gasteiger partial charge on any atom is 0.414 e. The Morgan fingerprint density at radius 3 is 2.00 bits per heavy atom. The Labute approximate surface area is 111 Å². The van der Waals surface area contributed by atoms with Crippen molar-refractivity contribution in [2.24, 2.45) is 0 Å². The number of benzene rings is 1. The minimum atomic E-state index is -1.82. The first kappa shape index (κ1) is 16.6. The number of amides is 1. The first-order valence-corrected chi connectivity index (χ1v) is 5.74. The van der Waals surface area contributed by atoms with Gasteiger partial charge in [0.25, 0.3) is 0 Å². The number of hydrogen-bond donors (Lipinski definition) is 3. The Balaban J connectivity index is 0.000000459. The molecule has 6 nitrogen and oxygen atoms in total. The smallest absolute Gasteiger partial charge is 0.414 e. The second kappa shape index (κ2) is 9.64. The SMILES string of the molecule is CCCC(=O)NCc1ccccc1.O=C(O)C(=O)O. The van der Waals surface area contributed by atoms with Crippen LogP contribution in [-0.4, -0.2) is 28.1 Å². The lowest BCUT2D eigenvalue weighted by Crippen LogP contribution is -2.21. The molecule has 0 unspecified atom stereocenters. The van der Waals surface area contributed by atoms with Crippen LogP contribution in [0.1, 0.15) is 25.3 Å². The molecular formula is C13H17NO5. The molecule has 0 spiro atoms. The summed E-state index contributed by atoms with van der Waals surface area (Å²) >= 11 is 0. The molecule has 0 heterocycles. The number of carboxylic acids is 2. The van der Waals surface area contributed by atoms with E-state index >= 15 is 0 Å². The number of carbonyl (C=O) groups is 3. The highest BCUT2D eigenvalue weighted by Gasteiger charge is 2.04. The van der Waals surface area contributed by atoms with Gasteiger partial charge in [-0.05, 0) is 12.0 Å². The Bertz CT molecular complexity index is 404. The fourth-order valence-electron chi connectivity index (χ4n) is 1.11. The van der Waals surface area contributed by atoms with Gasteiger partial charge in [0.2, 0.25) is 5.91 Å². The minimum Gasteiger partial charge on any atom is -0.473 e. The predicted molar refractivity (Wildman–Crippen MR) is 68.5 cm³/mol. The van der Waals surface area contributed by atoms with Crippen molar-refractivity contribution >= 4 is 17.8 Å². The molecule has 0 atom stereocenters. The van der Waals surface area contributed by atoms with Crippen LogP contribution >= 0.6 is 0 Å². The fourth-order valence-corrected chi connectivity index (χ4v) is 1.11. The largest absolute Gasteiger partial charge is 0.473 e. The fraction of sp³-hybridized carbons (Fsp3) is 0.308. The molecule has 104 valence electrons. The van der Waals surface area contributed by atoms with E-state index in [4.69, 9.17) is 19.8 Å². The minimum absolute atomic E-state index is 0.131. The van der Waals surface area contributed by atoms with Crippen molar-refractivity contribution in [2.45, 2.75) is 26.3 Å². The van der Waals surface area contributed by atoms with E-state index < -0.39 is 11.9 Å². The third-order valence-electron chi connectivity index (χ3n) is 1.99. The second-order valence-electron chi connectivity index (χ2n) is 3.62. The van der Waals surface area contributed by atoms with Crippen LogP contribution < -0.4 is 5.32 Å². The predicted octanol–water partition coefficient (Wildman–Crippen LogP) is 1.26. The molecule has 0 saturated heterocycles. The molecule has 3 N–H and O–H groups in total. The first-order chi connectivity index (χ1) is 8.97. The van der Waals surface area contributed by atoms with E-state index in [0.29, 0.717) is 13.0 Å². The van der Waals surface area contributed by atoms with Crippen LogP contribution in [0.5, 0.6) is 0 Å². The van der Waals surface area contributed by atoms with E-state index in [-0.39, 0.29) is 5.91 Å². The molecule has 1 rings (SSSR count). The van der Waals surface area contributed by atoms with Crippen molar-refractivity contribution in [3.05, 3.63) is 35.9 Å². The number of carbonyl (C=O) groups excluding carboxylic acids is 1. The highest BCUT2D eigenvalue weighted by Crippen LogP contribution is 1.97. The van der Waals surface area contributed by atoms with Crippen LogP contribution in [-0.2, 0) is 20.9 Å². The van der Waals surface area contributed by atoms with E-state index in [1.54, 1.807) is 0 Å². The average Bonchev–Trinajstić information content (AvgIpc) is 2.38. The highest BCUT2D eigenvalue weighted by molar-refractivity contribution is 6.27. The lowest BCUT2D eigenvalue weighted by atomic mass is 10.2. The maximum atomic E-state index is 11.1. The third kappa shape index (κ3) is 9.34. The molecule has 0 aromatic heterocycles. The van der Waals surface area contributed by atoms with Gasteiger partial charge in [0.1, 0.15) is 0 Å². The van der Waals surface area contributed by atoms with Gasteiger partial charge in [-0.15, -0.1) is 0 Å². The molecule has 0 bridgehead atoms. The van der Waals surface area contributed by atoms with E-state index in [2.05, 4.69) is 5.32 Å². The molecule has 1 aromatic carbocycles. The van der Waals surface area contributed by atoms with Crippen molar-refractivity contribution in [2.75, 3.05) is 0 Å². The zero-order chi connectivity index (χ0) is 14.7. The van der Waals surface area contributed by atoms with Crippen molar-refractivity contribution in [3.63, 3.8) is 0 Å². The summed E-state index contributed by atoms with van der Waals surface area (Å²) in [6.07, 6.45) is 1.52. The van der Waals surface area contributed by atoms with Gasteiger partial charge >= 0.3 is 11.9 Å². The Morgan fingerprint density at radius 2 is 1.58 bits per heavy atom. The molecule has 0 aliphatic heterocycles. The normalized spacial score (nSPS) is 8.89. The van der Waals surface area contributed by atoms with Crippen LogP contribution in [0, 0.1) is 0 Å². The topological polar surface area (TPSA) is 104 Å². The quantitative estimate of drug-likeness (QED) is 0.712. The molecule has 0 radical (unpaired) electrons. The van der Waals surface area contributed by atoms with E-state index in [0.717, 1.165) is 12.0 Å². The molecule has 0 aliphatic carbocycles. The molecule has 0 fully saturated rings. The van der Waals surface area contributed by atoms with Crippen molar-refractivity contribution in [1.29, 1.82) is 0 Å². The monoisotopic (exact) mass is 267 g/mol. The maximum absolute atomic E-state index is 11.1. The van der Waals surface area contributed by atoms with Crippen LogP contribution in [0.3, 0.4) is 0 Å². The summed E-state index contributed by atoms with van der Waals surface area (Å²) in [5, 5.41) is 17.6. The van der Waals surface area contributed by atoms with Crippen LogP contribution in [0.2, 0.25) is 0 Å². The van der Waals surface area contributed by atoms with Gasteiger partial charge in [-0.3, -0.25) is 4.79 Å². The zero-order valence-electron chi connectivity index (χ0n) is 10.6. The molecule has 1 aromatic rings. The van der Waals surface area contributed by atoms with Gasteiger partial charge in [0.15, 0.2) is 0 Å². The molecule has 1 amide bonds. The highest BCUT2D eigenvalue weighted by atomic mass is 16.4. The summed E-state index contributed by atoms with van der Waals surface area (Å²) in [6.45, 7) is 2.64. The Morgan fingerprint density at radius 1 is 1.05 bits per heavy atom. The third-order valence-corrected chi connectivity index (χ3v) is 1.99. The molecule has 0 aliphatic rings. The zero-order valence-corrected chi connectivity index (χ0v) is 10.6. The molecule has 0 saturated carbocycles. The summed E-state index contributed by atoms with van der Waals surface area (Å²) in [5.41, 5.74) is 1.15. The molecule has 19 heavy (non-hydrogen) atoms. The van der Waals surface area contributed by atoms with Crippen molar-refractivity contribution in [1.82, 2.24) is 5.32 Å². The van der Waals surface area contributed by atoms with Crippen LogP contribution in [0.15, 0.2) is 30.3 Å². The molecule has 6 heteroatoms. The van der Waals surface area contributed by atoms with Crippen molar-refractivity contribution < 1.29 is 24.6 Å². The van der Waals surface area contributed by atoms with Gasteiger partial charge in [0, 0.05) is 13.0 Å². The summed E-state index contributed by atoms with van der Waals surface area (Å²) < 4.78 is 0. The standard InChI is InChI=1S/C11H15NO.C2H2O4/c1-2-6-11(13)12-9-10-7-4-3-5-8-10;3-1(4)2(5)6/h3-5,7-8H,2,6,9H2,1H3,(H,12,13);(H,3,4)(H,5,6). The number of rotatable bonds is 4. The lowest BCUT2D eigenvalue weighted by Gasteiger charge is -2.03. The van der Waals surface area contributed by atoms with Gasteiger partial charge < -0.3 is 15.5 Å². The number of aliphatic carboxylic acids is 2. The van der Waals surface area contributed by atoms with Gasteiger partial charge in [-0.25, -0.2) is 9.59 Å². The van der Waals surface area contributed by atoms with E-state index in [1.807, 2.05) is 37.3 Å². The van der Waals surface area contributed by atoms with Gasteiger partial charge in [-0.1, -0.05) is 37.3 Å². The van der Waals surface area contributed by atoms with Crippen LogP contribution in [0.25, 0.3) is 0 Å². The van der Waals surface area contributed by atoms with E-state index in [9.17, 15) is 4.79 Å². The number of carboxylic acid groups (broad SMARTS) is 2. The first-order valence-electron chi connectivity index (χ1n) is 5.74. The summed E-state index contributed by atoms with van der Waals surface area (Å²) in [7, 11) is 0.